The summed E-state index contributed by atoms with van der Waals surface area (Å²) in [5.74, 6) is 0.680. The SMILES string of the molecule is CCCCS(C)(=O)=Nc1ccc(CN2CCOCC2)cc1. The van der Waals surface area contributed by atoms with Gasteiger partial charge in [-0.2, -0.15) is 4.36 Å². The van der Waals surface area contributed by atoms with Crippen LogP contribution in [0.2, 0.25) is 0 Å². The van der Waals surface area contributed by atoms with E-state index in [4.69, 9.17) is 4.74 Å². The molecule has 0 amide bonds. The predicted molar refractivity (Wildman–Crippen MR) is 88.5 cm³/mol. The van der Waals surface area contributed by atoms with Crippen LogP contribution < -0.4 is 0 Å². The van der Waals surface area contributed by atoms with Crippen LogP contribution in [0.3, 0.4) is 0 Å². The molecule has 1 aliphatic heterocycles. The number of morpholine rings is 1. The molecule has 0 spiro atoms. The van der Waals surface area contributed by atoms with E-state index in [1.807, 2.05) is 12.1 Å². The Morgan fingerprint density at radius 1 is 1.24 bits per heavy atom. The van der Waals surface area contributed by atoms with Crippen LogP contribution in [0, 0.1) is 0 Å². The van der Waals surface area contributed by atoms with Crippen molar-refractivity contribution in [1.29, 1.82) is 0 Å². The minimum Gasteiger partial charge on any atom is -0.379 e. The zero-order valence-corrected chi connectivity index (χ0v) is 13.9. The molecule has 0 saturated carbocycles. The van der Waals surface area contributed by atoms with Crippen LogP contribution in [0.25, 0.3) is 0 Å². The van der Waals surface area contributed by atoms with Gasteiger partial charge in [-0.25, -0.2) is 4.21 Å². The molecule has 1 saturated heterocycles. The molecular formula is C16H26N2O2S. The second kappa shape index (κ2) is 7.92. The summed E-state index contributed by atoms with van der Waals surface area (Å²) in [6.45, 7) is 6.68. The van der Waals surface area contributed by atoms with Gasteiger partial charge in [-0.15, -0.1) is 0 Å². The standard InChI is InChI=1S/C16H26N2O2S/c1-3-4-13-21(2,19)17-16-7-5-15(6-8-16)14-18-9-11-20-12-10-18/h5-8H,3-4,9-14H2,1-2H3. The van der Waals surface area contributed by atoms with Crippen molar-refractivity contribution in [2.24, 2.45) is 4.36 Å². The Bertz CT molecular complexity index is 542. The molecule has 0 aliphatic carbocycles. The Morgan fingerprint density at radius 3 is 2.52 bits per heavy atom. The second-order valence-corrected chi connectivity index (χ2v) is 8.17. The van der Waals surface area contributed by atoms with Crippen molar-refractivity contribution in [2.45, 2.75) is 26.3 Å². The first kappa shape index (κ1) is 16.5. The van der Waals surface area contributed by atoms with Gasteiger partial charge in [0.2, 0.25) is 0 Å². The molecule has 1 heterocycles. The van der Waals surface area contributed by atoms with Gasteiger partial charge in [0.25, 0.3) is 0 Å². The summed E-state index contributed by atoms with van der Waals surface area (Å²) in [5.41, 5.74) is 2.09. The Morgan fingerprint density at radius 2 is 1.90 bits per heavy atom. The summed E-state index contributed by atoms with van der Waals surface area (Å²) in [6.07, 6.45) is 3.77. The van der Waals surface area contributed by atoms with E-state index in [9.17, 15) is 4.21 Å². The van der Waals surface area contributed by atoms with E-state index in [-0.39, 0.29) is 0 Å². The van der Waals surface area contributed by atoms with E-state index in [0.717, 1.165) is 51.4 Å². The topological polar surface area (TPSA) is 41.9 Å². The number of benzene rings is 1. The molecule has 1 fully saturated rings. The maximum Gasteiger partial charge on any atom is 0.0730 e. The Hall–Kier alpha value is -0.910. The van der Waals surface area contributed by atoms with Gasteiger partial charge < -0.3 is 4.74 Å². The molecule has 5 heteroatoms. The van der Waals surface area contributed by atoms with Gasteiger partial charge in [0, 0.05) is 41.4 Å². The summed E-state index contributed by atoms with van der Waals surface area (Å²) in [4.78, 5) is 2.39. The molecule has 118 valence electrons. The van der Waals surface area contributed by atoms with Crippen LogP contribution in [0.1, 0.15) is 25.3 Å². The van der Waals surface area contributed by atoms with Crippen molar-refractivity contribution in [1.82, 2.24) is 4.90 Å². The lowest BCUT2D eigenvalue weighted by Crippen LogP contribution is -2.35. The Kier molecular flexibility index (Phi) is 6.21. The molecule has 0 radical (unpaired) electrons. The average molecular weight is 310 g/mol. The van der Waals surface area contributed by atoms with E-state index >= 15 is 0 Å². The predicted octanol–water partition coefficient (Wildman–Crippen LogP) is 3.05. The third kappa shape index (κ3) is 5.77. The third-order valence-corrected chi connectivity index (χ3v) is 5.26. The number of ether oxygens (including phenoxy) is 1. The first-order valence-electron chi connectivity index (χ1n) is 7.68. The summed E-state index contributed by atoms with van der Waals surface area (Å²) in [6, 6.07) is 8.13. The molecule has 0 aromatic heterocycles. The first-order valence-corrected chi connectivity index (χ1v) is 9.77. The summed E-state index contributed by atoms with van der Waals surface area (Å²) >= 11 is 0. The molecular weight excluding hydrogens is 284 g/mol. The number of rotatable bonds is 6. The molecule has 21 heavy (non-hydrogen) atoms. The van der Waals surface area contributed by atoms with Crippen molar-refractivity contribution in [3.63, 3.8) is 0 Å². The van der Waals surface area contributed by atoms with Crippen molar-refractivity contribution in [3.8, 4) is 0 Å². The highest BCUT2D eigenvalue weighted by molar-refractivity contribution is 7.93. The van der Waals surface area contributed by atoms with Crippen molar-refractivity contribution in [2.75, 3.05) is 38.3 Å². The molecule has 4 nitrogen and oxygen atoms in total. The van der Waals surface area contributed by atoms with E-state index in [1.165, 1.54) is 5.56 Å². The number of nitrogens with zero attached hydrogens (tertiary/aromatic N) is 2. The molecule has 1 atom stereocenters. The van der Waals surface area contributed by atoms with Crippen molar-refractivity contribution >= 4 is 15.4 Å². The highest BCUT2D eigenvalue weighted by Gasteiger charge is 2.10. The Labute approximate surface area is 128 Å². The molecule has 0 bridgehead atoms. The molecule has 2 rings (SSSR count). The van der Waals surface area contributed by atoms with Gasteiger partial charge in [-0.3, -0.25) is 4.90 Å². The maximum atomic E-state index is 12.3. The zero-order valence-electron chi connectivity index (χ0n) is 13.1. The number of hydrogen-bond donors (Lipinski definition) is 0. The lowest BCUT2D eigenvalue weighted by Gasteiger charge is -2.26. The fraction of sp³-hybridized carbons (Fsp3) is 0.625. The minimum atomic E-state index is -2.09. The van der Waals surface area contributed by atoms with E-state index in [1.54, 1.807) is 6.26 Å². The third-order valence-electron chi connectivity index (χ3n) is 3.62. The number of hydrogen-bond acceptors (Lipinski definition) is 4. The summed E-state index contributed by atoms with van der Waals surface area (Å²) in [5, 5.41) is 0. The van der Waals surface area contributed by atoms with Crippen LogP contribution in [0.4, 0.5) is 5.69 Å². The van der Waals surface area contributed by atoms with Gasteiger partial charge in [0.15, 0.2) is 0 Å². The molecule has 1 unspecified atom stereocenters. The summed E-state index contributed by atoms with van der Waals surface area (Å²) in [7, 11) is -2.09. The van der Waals surface area contributed by atoms with Crippen LogP contribution in [-0.2, 0) is 21.0 Å². The fourth-order valence-electron chi connectivity index (χ4n) is 2.36. The van der Waals surface area contributed by atoms with E-state index < -0.39 is 9.73 Å². The van der Waals surface area contributed by atoms with Gasteiger partial charge >= 0.3 is 0 Å². The van der Waals surface area contributed by atoms with Gasteiger partial charge in [-0.05, 0) is 24.1 Å². The zero-order chi connectivity index (χ0) is 15.1. The van der Waals surface area contributed by atoms with Crippen molar-refractivity contribution < 1.29 is 8.95 Å². The normalized spacial score (nSPS) is 19.1. The van der Waals surface area contributed by atoms with Crippen LogP contribution in [-0.4, -0.2) is 47.4 Å². The molecule has 1 aromatic rings. The van der Waals surface area contributed by atoms with Crippen molar-refractivity contribution in [3.05, 3.63) is 29.8 Å². The summed E-state index contributed by atoms with van der Waals surface area (Å²) < 4.78 is 22.1. The second-order valence-electron chi connectivity index (χ2n) is 5.66. The average Bonchev–Trinajstić information content (AvgIpc) is 2.48. The van der Waals surface area contributed by atoms with Gasteiger partial charge in [0.05, 0.1) is 18.9 Å². The van der Waals surface area contributed by atoms with E-state index in [2.05, 4.69) is 28.3 Å². The smallest absolute Gasteiger partial charge is 0.0730 e. The van der Waals surface area contributed by atoms with E-state index in [0.29, 0.717) is 5.75 Å². The minimum absolute atomic E-state index is 0.680. The van der Waals surface area contributed by atoms with Gasteiger partial charge in [-0.1, -0.05) is 25.5 Å². The van der Waals surface area contributed by atoms with Crippen LogP contribution >= 0.6 is 0 Å². The molecule has 0 N–H and O–H groups in total. The first-order chi connectivity index (χ1) is 10.1. The quantitative estimate of drug-likeness (QED) is 0.811. The maximum absolute atomic E-state index is 12.3. The van der Waals surface area contributed by atoms with Crippen LogP contribution in [0.5, 0.6) is 0 Å². The largest absolute Gasteiger partial charge is 0.379 e. The molecule has 1 aliphatic rings. The lowest BCUT2D eigenvalue weighted by atomic mass is 10.2. The fourth-order valence-corrected chi connectivity index (χ4v) is 3.84. The highest BCUT2D eigenvalue weighted by Crippen LogP contribution is 2.17. The highest BCUT2D eigenvalue weighted by atomic mass is 32.2. The van der Waals surface area contributed by atoms with Crippen LogP contribution in [0.15, 0.2) is 28.6 Å². The Balaban J connectivity index is 1.98. The van der Waals surface area contributed by atoms with Gasteiger partial charge in [0.1, 0.15) is 0 Å². The lowest BCUT2D eigenvalue weighted by molar-refractivity contribution is 0.0342. The monoisotopic (exact) mass is 310 g/mol. The molecule has 1 aromatic carbocycles. The number of unbranched alkanes of at least 4 members (excludes halogenated alkanes) is 1.